The van der Waals surface area contributed by atoms with Gasteiger partial charge in [0.25, 0.3) is 0 Å². The molecule has 0 aliphatic heterocycles. The number of unbranched alkanes of at least 4 members (excludes halogenated alkanes) is 26. The lowest BCUT2D eigenvalue weighted by Crippen LogP contribution is -2.37. The smallest absolute Gasteiger partial charge is 0.341 e. The minimum absolute atomic E-state index is 0.124. The number of aliphatic hydroxyl groups is 1. The van der Waals surface area contributed by atoms with E-state index < -0.39 is 11.9 Å². The van der Waals surface area contributed by atoms with E-state index in [2.05, 4.69) is 18.7 Å². The summed E-state index contributed by atoms with van der Waals surface area (Å²) in [7, 11) is 0. The lowest BCUT2D eigenvalue weighted by molar-refractivity contribution is -0.144. The molecule has 0 saturated carbocycles. The summed E-state index contributed by atoms with van der Waals surface area (Å²) in [6.45, 7) is 8.96. The maximum atomic E-state index is 12.8. The molecule has 1 aromatic rings. The average molecular weight is 930 g/mol. The summed E-state index contributed by atoms with van der Waals surface area (Å²) in [5.41, 5.74) is 0.234. The van der Waals surface area contributed by atoms with Gasteiger partial charge in [0.1, 0.15) is 11.3 Å². The Hall–Kier alpha value is -2.98. The summed E-state index contributed by atoms with van der Waals surface area (Å²) < 4.78 is 22.0. The van der Waals surface area contributed by atoms with Crippen LogP contribution in [0.5, 0.6) is 5.75 Å². The number of carbonyl (C=O) groups excluding carboxylic acids is 4. The van der Waals surface area contributed by atoms with E-state index >= 15 is 0 Å². The van der Waals surface area contributed by atoms with Gasteiger partial charge in [-0.3, -0.25) is 14.4 Å². The fourth-order valence-corrected chi connectivity index (χ4v) is 8.67. The summed E-state index contributed by atoms with van der Waals surface area (Å²) >= 11 is 0. The van der Waals surface area contributed by atoms with Gasteiger partial charge in [-0.25, -0.2) is 4.79 Å². The molecular formula is C56H99NO9. The van der Waals surface area contributed by atoms with Crippen molar-refractivity contribution in [3.8, 4) is 5.75 Å². The van der Waals surface area contributed by atoms with Crippen LogP contribution >= 0.6 is 0 Å². The Labute approximate surface area is 403 Å². The number of rotatable bonds is 48. The van der Waals surface area contributed by atoms with E-state index in [1.807, 2.05) is 0 Å². The van der Waals surface area contributed by atoms with Crippen LogP contribution in [-0.4, -0.2) is 79.4 Å². The van der Waals surface area contributed by atoms with E-state index in [1.54, 1.807) is 24.3 Å². The van der Waals surface area contributed by atoms with Gasteiger partial charge < -0.3 is 29.0 Å². The van der Waals surface area contributed by atoms with Gasteiger partial charge in [-0.15, -0.1) is 0 Å². The molecule has 1 N–H and O–H groups in total. The first-order valence-corrected chi connectivity index (χ1v) is 27.4. The first-order valence-electron chi connectivity index (χ1n) is 27.4. The largest absolute Gasteiger partial charge is 0.466 e. The molecule has 0 aliphatic carbocycles. The molecule has 0 aromatic heterocycles. The normalized spacial score (nSPS) is 11.4. The number of para-hydroxylation sites is 1. The second kappa shape index (κ2) is 45.8. The summed E-state index contributed by atoms with van der Waals surface area (Å²) in [5.74, 6) is -1.05. The summed E-state index contributed by atoms with van der Waals surface area (Å²) in [4.78, 5) is 52.2. The highest BCUT2D eigenvalue weighted by Gasteiger charge is 2.20. The Balaban J connectivity index is 2.56. The molecule has 0 bridgehead atoms. The van der Waals surface area contributed by atoms with E-state index in [4.69, 9.17) is 18.9 Å². The van der Waals surface area contributed by atoms with E-state index in [0.29, 0.717) is 26.1 Å². The predicted octanol–water partition coefficient (Wildman–Crippen LogP) is 14.6. The van der Waals surface area contributed by atoms with Gasteiger partial charge in [0.2, 0.25) is 0 Å². The zero-order valence-electron chi connectivity index (χ0n) is 42.7. The fraction of sp³-hybridized carbons (Fsp3) is 0.821. The van der Waals surface area contributed by atoms with Crippen molar-refractivity contribution in [2.24, 2.45) is 0 Å². The lowest BCUT2D eigenvalue weighted by atomic mass is 10.00. The van der Waals surface area contributed by atoms with Crippen molar-refractivity contribution in [2.75, 3.05) is 39.5 Å². The second-order valence-corrected chi connectivity index (χ2v) is 18.8. The van der Waals surface area contributed by atoms with Crippen LogP contribution in [0.1, 0.15) is 262 Å². The second-order valence-electron chi connectivity index (χ2n) is 18.8. The molecular weight excluding hydrogens is 831 g/mol. The molecule has 0 fully saturated rings. The highest BCUT2D eigenvalue weighted by molar-refractivity contribution is 5.93. The summed E-state index contributed by atoms with van der Waals surface area (Å²) in [6.07, 6.45) is 39.6. The van der Waals surface area contributed by atoms with Crippen LogP contribution in [0, 0.1) is 0 Å². The molecule has 10 heteroatoms. The molecule has 66 heavy (non-hydrogen) atoms. The van der Waals surface area contributed by atoms with Crippen molar-refractivity contribution in [1.29, 1.82) is 0 Å². The molecule has 0 heterocycles. The number of carbonyl (C=O) groups is 4. The third-order valence-corrected chi connectivity index (χ3v) is 12.7. The van der Waals surface area contributed by atoms with Crippen LogP contribution in [-0.2, 0) is 28.6 Å². The molecule has 0 unspecified atom stereocenters. The van der Waals surface area contributed by atoms with E-state index in [9.17, 15) is 24.3 Å². The van der Waals surface area contributed by atoms with Gasteiger partial charge in [0.15, 0.2) is 0 Å². The predicted molar refractivity (Wildman–Crippen MR) is 270 cm³/mol. The first kappa shape index (κ1) is 61.0. The van der Waals surface area contributed by atoms with Crippen LogP contribution in [0.25, 0.3) is 0 Å². The molecule has 0 aliphatic rings. The van der Waals surface area contributed by atoms with Crippen LogP contribution in [0.4, 0.5) is 0 Å². The third kappa shape index (κ3) is 37.1. The van der Waals surface area contributed by atoms with Gasteiger partial charge in [0, 0.05) is 32.4 Å². The number of nitrogens with zero attached hydrogens (tertiary/aromatic N) is 1. The standard InChI is InChI=1S/C56H99NO9/c1-4-6-8-10-12-14-16-18-20-22-25-33-47-63-54(60)42-36-38-51(39-37-43-55(61)64-48-34-26-23-21-19-17-15-13-11-9-7-5-2)57(45-31-32-46-58)44-30-24-27-35-49-65-56(62)52-40-28-29-41-53(52)66-50(3)59/h28-29,40-41,51,58H,4-27,30-39,42-49H2,1-3H3. The zero-order valence-corrected chi connectivity index (χ0v) is 42.7. The number of benzene rings is 1. The molecule has 1 aromatic carbocycles. The molecule has 10 nitrogen and oxygen atoms in total. The monoisotopic (exact) mass is 930 g/mol. The molecule has 0 amide bonds. The quantitative estimate of drug-likeness (QED) is 0.0292. The Morgan fingerprint density at radius 3 is 1.29 bits per heavy atom. The fourth-order valence-electron chi connectivity index (χ4n) is 8.67. The SMILES string of the molecule is CCCCCCCCCCCCCCOC(=O)CCCC(CCCC(=O)OCCCCCCCCCCCCCC)N(CCCCO)CCCCCCOC(=O)c1ccccc1OC(C)=O. The van der Waals surface area contributed by atoms with Crippen molar-refractivity contribution in [2.45, 2.75) is 258 Å². The Morgan fingerprint density at radius 2 is 0.864 bits per heavy atom. The molecule has 382 valence electrons. The maximum absolute atomic E-state index is 12.8. The zero-order chi connectivity index (χ0) is 48.0. The number of esters is 4. The number of hydrogen-bond acceptors (Lipinski definition) is 10. The van der Waals surface area contributed by atoms with E-state index in [-0.39, 0.29) is 42.5 Å². The molecule has 0 atom stereocenters. The van der Waals surface area contributed by atoms with Crippen molar-refractivity contribution < 1.29 is 43.2 Å². The number of ether oxygens (including phenoxy) is 4. The van der Waals surface area contributed by atoms with Gasteiger partial charge in [-0.05, 0) is 89.4 Å². The minimum Gasteiger partial charge on any atom is -0.466 e. The van der Waals surface area contributed by atoms with Gasteiger partial charge in [-0.1, -0.05) is 180 Å². The van der Waals surface area contributed by atoms with Crippen LogP contribution in [0.3, 0.4) is 0 Å². The number of aliphatic hydroxyl groups excluding tert-OH is 1. The summed E-state index contributed by atoms with van der Waals surface area (Å²) in [6, 6.07) is 6.79. The van der Waals surface area contributed by atoms with Crippen molar-refractivity contribution in [3.63, 3.8) is 0 Å². The molecule has 1 rings (SSSR count). The molecule has 0 saturated heterocycles. The van der Waals surface area contributed by atoms with Crippen molar-refractivity contribution >= 4 is 23.9 Å². The van der Waals surface area contributed by atoms with Gasteiger partial charge >= 0.3 is 23.9 Å². The topological polar surface area (TPSA) is 129 Å². The Morgan fingerprint density at radius 1 is 0.485 bits per heavy atom. The van der Waals surface area contributed by atoms with Gasteiger partial charge in [0.05, 0.1) is 19.8 Å². The number of hydrogen-bond donors (Lipinski definition) is 1. The van der Waals surface area contributed by atoms with E-state index in [0.717, 1.165) is 103 Å². The lowest BCUT2D eigenvalue weighted by Gasteiger charge is -2.32. The third-order valence-electron chi connectivity index (χ3n) is 12.7. The molecule has 0 radical (unpaired) electrons. The van der Waals surface area contributed by atoms with Crippen LogP contribution in [0.2, 0.25) is 0 Å². The summed E-state index contributed by atoms with van der Waals surface area (Å²) in [5, 5.41) is 9.59. The van der Waals surface area contributed by atoms with E-state index in [1.165, 1.54) is 135 Å². The van der Waals surface area contributed by atoms with Crippen LogP contribution in [0.15, 0.2) is 24.3 Å². The minimum atomic E-state index is -0.508. The van der Waals surface area contributed by atoms with Gasteiger partial charge in [-0.2, -0.15) is 0 Å². The Bertz CT molecular complexity index is 1260. The Kier molecular flexibility index (Phi) is 42.3. The molecule has 0 spiro atoms. The maximum Gasteiger partial charge on any atom is 0.341 e. The highest BCUT2D eigenvalue weighted by atomic mass is 16.6. The van der Waals surface area contributed by atoms with Crippen LogP contribution < -0.4 is 4.74 Å². The average Bonchev–Trinajstić information content (AvgIpc) is 3.30. The van der Waals surface area contributed by atoms with Crippen molar-refractivity contribution in [3.05, 3.63) is 29.8 Å². The van der Waals surface area contributed by atoms with Crippen molar-refractivity contribution in [1.82, 2.24) is 4.90 Å². The first-order chi connectivity index (χ1) is 32.3. The highest BCUT2D eigenvalue weighted by Crippen LogP contribution is 2.22.